The Labute approximate surface area is 71.2 Å². The van der Waals surface area contributed by atoms with Crippen LogP contribution in [0.15, 0.2) is 12.3 Å². The molecule has 0 unspecified atom stereocenters. The molecule has 0 saturated heterocycles. The van der Waals surface area contributed by atoms with Crippen LogP contribution < -0.4 is 4.74 Å². The molecule has 0 N–H and O–H groups in total. The molecule has 0 spiro atoms. The molecule has 0 fully saturated rings. The van der Waals surface area contributed by atoms with E-state index in [2.05, 4.69) is 9.72 Å². The van der Waals surface area contributed by atoms with E-state index in [0.717, 1.165) is 12.3 Å². The van der Waals surface area contributed by atoms with Crippen molar-refractivity contribution in [3.63, 3.8) is 0 Å². The highest BCUT2D eigenvalue weighted by molar-refractivity contribution is 5.74. The van der Waals surface area contributed by atoms with Crippen LogP contribution in [-0.2, 0) is 0 Å². The van der Waals surface area contributed by atoms with Gasteiger partial charge in [-0.15, -0.1) is 0 Å². The van der Waals surface area contributed by atoms with Crippen LogP contribution in [0.4, 0.5) is 13.2 Å². The molecular weight excluding hydrogens is 187 g/mol. The molecule has 1 rings (SSSR count). The maximum absolute atomic E-state index is 12.7. The van der Waals surface area contributed by atoms with Crippen molar-refractivity contribution in [3.05, 3.63) is 23.6 Å². The smallest absolute Gasteiger partial charge is 0.388 e. The lowest BCUT2D eigenvalue weighted by Gasteiger charge is -2.03. The van der Waals surface area contributed by atoms with Gasteiger partial charge in [0.05, 0.1) is 0 Å². The summed E-state index contributed by atoms with van der Waals surface area (Å²) >= 11 is 0. The molecule has 13 heavy (non-hydrogen) atoms. The van der Waals surface area contributed by atoms with Crippen molar-refractivity contribution in [2.75, 3.05) is 0 Å². The first-order valence-electron chi connectivity index (χ1n) is 3.19. The highest BCUT2D eigenvalue weighted by Crippen LogP contribution is 2.15. The Kier molecular flexibility index (Phi) is 2.84. The maximum atomic E-state index is 12.7. The van der Waals surface area contributed by atoms with Gasteiger partial charge in [-0.3, -0.25) is 4.79 Å². The van der Waals surface area contributed by atoms with E-state index in [0.29, 0.717) is 6.29 Å². The average Bonchev–Trinajstić information content (AvgIpc) is 2.08. The van der Waals surface area contributed by atoms with Gasteiger partial charge in [-0.1, -0.05) is 0 Å². The highest BCUT2D eigenvalue weighted by Gasteiger charge is 2.11. The minimum atomic E-state index is -3.14. The molecule has 0 amide bonds. The third kappa shape index (κ3) is 2.43. The first kappa shape index (κ1) is 9.50. The number of aldehydes is 1. The third-order valence-electron chi connectivity index (χ3n) is 1.17. The van der Waals surface area contributed by atoms with Gasteiger partial charge in [-0.25, -0.2) is 9.37 Å². The van der Waals surface area contributed by atoms with Crippen molar-refractivity contribution in [1.29, 1.82) is 0 Å². The second kappa shape index (κ2) is 3.88. The predicted molar refractivity (Wildman–Crippen MR) is 36.2 cm³/mol. The minimum absolute atomic E-state index is 0.0425. The predicted octanol–water partition coefficient (Wildman–Crippen LogP) is 1.63. The first-order valence-corrected chi connectivity index (χ1v) is 3.19. The monoisotopic (exact) mass is 191 g/mol. The number of nitrogens with zero attached hydrogens (tertiary/aromatic N) is 1. The lowest BCUT2D eigenvalue weighted by atomic mass is 10.3. The normalized spacial score (nSPS) is 10.2. The zero-order valence-electron chi connectivity index (χ0n) is 6.21. The molecule has 3 nitrogen and oxygen atoms in total. The minimum Gasteiger partial charge on any atom is -0.414 e. The van der Waals surface area contributed by atoms with Gasteiger partial charge in [0.25, 0.3) is 5.88 Å². The van der Waals surface area contributed by atoms with Gasteiger partial charge in [0.15, 0.2) is 12.1 Å². The maximum Gasteiger partial charge on any atom is 0.388 e. The fraction of sp³-hybridized carbons (Fsp3) is 0.143. The average molecular weight is 191 g/mol. The SMILES string of the molecule is O=Cc1cnc(OC(F)F)c(F)c1. The Hall–Kier alpha value is -1.59. The van der Waals surface area contributed by atoms with E-state index in [4.69, 9.17) is 0 Å². The molecule has 1 aromatic heterocycles. The third-order valence-corrected chi connectivity index (χ3v) is 1.17. The number of alkyl halides is 2. The number of ether oxygens (including phenoxy) is 1. The van der Waals surface area contributed by atoms with Crippen molar-refractivity contribution in [2.45, 2.75) is 6.61 Å². The Morgan fingerprint density at radius 2 is 2.23 bits per heavy atom. The Morgan fingerprint density at radius 1 is 1.54 bits per heavy atom. The highest BCUT2D eigenvalue weighted by atomic mass is 19.3. The topological polar surface area (TPSA) is 39.2 Å². The first-order chi connectivity index (χ1) is 6.13. The molecule has 1 heterocycles. The number of halogens is 3. The molecule has 0 aliphatic carbocycles. The van der Waals surface area contributed by atoms with Crippen molar-refractivity contribution in [1.82, 2.24) is 4.98 Å². The Bertz CT molecular complexity index is 317. The van der Waals surface area contributed by atoms with Crippen LogP contribution in [0.2, 0.25) is 0 Å². The summed E-state index contributed by atoms with van der Waals surface area (Å²) in [4.78, 5) is 13.3. The van der Waals surface area contributed by atoms with Crippen LogP contribution in [-0.4, -0.2) is 17.9 Å². The molecule has 0 aromatic carbocycles. The van der Waals surface area contributed by atoms with E-state index >= 15 is 0 Å². The molecule has 0 bridgehead atoms. The van der Waals surface area contributed by atoms with Crippen LogP contribution in [0, 0.1) is 5.82 Å². The van der Waals surface area contributed by atoms with Crippen LogP contribution >= 0.6 is 0 Å². The van der Waals surface area contributed by atoms with E-state index < -0.39 is 18.3 Å². The molecule has 0 aliphatic heterocycles. The van der Waals surface area contributed by atoms with E-state index in [1.54, 1.807) is 0 Å². The lowest BCUT2D eigenvalue weighted by Crippen LogP contribution is -2.05. The van der Waals surface area contributed by atoms with E-state index in [1.165, 1.54) is 0 Å². The fourth-order valence-corrected chi connectivity index (χ4v) is 0.676. The summed E-state index contributed by atoms with van der Waals surface area (Å²) in [6, 6.07) is 0.762. The van der Waals surface area contributed by atoms with Crippen molar-refractivity contribution in [3.8, 4) is 5.88 Å². The van der Waals surface area contributed by atoms with Crippen molar-refractivity contribution in [2.24, 2.45) is 0 Å². The number of hydrogen-bond donors (Lipinski definition) is 0. The van der Waals surface area contributed by atoms with Crippen molar-refractivity contribution < 1.29 is 22.7 Å². The summed E-state index contributed by atoms with van der Waals surface area (Å²) in [5.74, 6) is -1.91. The largest absolute Gasteiger partial charge is 0.414 e. The summed E-state index contributed by atoms with van der Waals surface area (Å²) in [7, 11) is 0. The van der Waals surface area contributed by atoms with Crippen LogP contribution in [0.25, 0.3) is 0 Å². The molecular formula is C7H4F3NO2. The second-order valence-electron chi connectivity index (χ2n) is 2.05. The molecule has 0 saturated carbocycles. The van der Waals surface area contributed by atoms with Gasteiger partial charge in [-0.2, -0.15) is 8.78 Å². The molecule has 1 aromatic rings. The number of carbonyl (C=O) groups is 1. The summed E-state index contributed by atoms with van der Waals surface area (Å²) in [6.07, 6.45) is 1.29. The standard InChI is InChI=1S/C7H4F3NO2/c8-5-1-4(3-12)2-11-6(5)13-7(9)10/h1-3,7H. The summed E-state index contributed by atoms with van der Waals surface area (Å²) < 4.78 is 39.6. The lowest BCUT2D eigenvalue weighted by molar-refractivity contribution is -0.0553. The number of carbonyl (C=O) groups excluding carboxylic acids is 1. The molecule has 6 heteroatoms. The van der Waals surface area contributed by atoms with Gasteiger partial charge in [0.1, 0.15) is 0 Å². The van der Waals surface area contributed by atoms with Gasteiger partial charge < -0.3 is 4.74 Å². The van der Waals surface area contributed by atoms with Gasteiger partial charge >= 0.3 is 6.61 Å². The second-order valence-corrected chi connectivity index (χ2v) is 2.05. The number of pyridine rings is 1. The quantitative estimate of drug-likeness (QED) is 0.681. The van der Waals surface area contributed by atoms with Crippen molar-refractivity contribution >= 4 is 6.29 Å². The molecule has 0 radical (unpaired) electrons. The van der Waals surface area contributed by atoms with Crippen LogP contribution in [0.5, 0.6) is 5.88 Å². The van der Waals surface area contributed by atoms with E-state index in [1.807, 2.05) is 0 Å². The fourth-order valence-electron chi connectivity index (χ4n) is 0.676. The van der Waals surface area contributed by atoms with Crippen LogP contribution in [0.3, 0.4) is 0 Å². The Balaban J connectivity index is 2.91. The van der Waals surface area contributed by atoms with Gasteiger partial charge in [0, 0.05) is 11.8 Å². The number of aromatic nitrogens is 1. The van der Waals surface area contributed by atoms with Gasteiger partial charge in [0.2, 0.25) is 0 Å². The summed E-state index contributed by atoms with van der Waals surface area (Å²) in [5.41, 5.74) is -0.0425. The number of hydrogen-bond acceptors (Lipinski definition) is 3. The summed E-state index contributed by atoms with van der Waals surface area (Å²) in [6.45, 7) is -3.14. The zero-order chi connectivity index (χ0) is 9.84. The van der Waals surface area contributed by atoms with E-state index in [-0.39, 0.29) is 5.56 Å². The Morgan fingerprint density at radius 3 is 2.69 bits per heavy atom. The number of rotatable bonds is 3. The van der Waals surface area contributed by atoms with E-state index in [9.17, 15) is 18.0 Å². The zero-order valence-corrected chi connectivity index (χ0v) is 6.21. The summed E-state index contributed by atoms with van der Waals surface area (Å²) in [5, 5.41) is 0. The molecule has 0 atom stereocenters. The van der Waals surface area contributed by atoms with Crippen LogP contribution in [0.1, 0.15) is 10.4 Å². The molecule has 0 aliphatic rings. The molecule has 70 valence electrons. The van der Waals surface area contributed by atoms with Gasteiger partial charge in [-0.05, 0) is 6.07 Å².